The monoisotopic (exact) mass is 330 g/mol. The molecule has 1 aliphatic heterocycles. The molecule has 4 nitrogen and oxygen atoms in total. The molecule has 0 N–H and O–H groups in total. The second kappa shape index (κ2) is 4.51. The van der Waals surface area contributed by atoms with E-state index in [-0.39, 0.29) is 34.5 Å². The highest BCUT2D eigenvalue weighted by Gasteiger charge is 2.79. The Bertz CT molecular complexity index is 667. The van der Waals surface area contributed by atoms with E-state index in [4.69, 9.17) is 9.47 Å². The average Bonchev–Trinajstić information content (AvgIpc) is 3.10. The second-order valence-electron chi connectivity index (χ2n) is 8.89. The van der Waals surface area contributed by atoms with Gasteiger partial charge in [-0.25, -0.2) is 0 Å². The van der Waals surface area contributed by atoms with Crippen molar-refractivity contribution in [1.29, 1.82) is 0 Å². The maximum Gasteiger partial charge on any atom is 0.302 e. The van der Waals surface area contributed by atoms with Crippen molar-refractivity contribution in [1.82, 2.24) is 0 Å². The fourth-order valence-electron chi connectivity index (χ4n) is 6.97. The Kier molecular flexibility index (Phi) is 2.84. The van der Waals surface area contributed by atoms with Crippen LogP contribution in [0.3, 0.4) is 0 Å². The van der Waals surface area contributed by atoms with Gasteiger partial charge in [-0.2, -0.15) is 0 Å². The highest BCUT2D eigenvalue weighted by molar-refractivity contribution is 5.92. The lowest BCUT2D eigenvalue weighted by atomic mass is 9.52. The fraction of sp³-hybridized carbons (Fsp3) is 0.800. The standard InChI is InChI=1S/C20H26O4/c1-12(21)23-17-6-5-15-16-4-3-13-11-14(22)7-8-19(13)20(16,24-19)10-9-18(15,17)2/h11,15-17H,3-10H2,1-2H3/t15-,16+,17-,18-,19+,20-/m1/s1. The summed E-state index contributed by atoms with van der Waals surface area (Å²) in [5.74, 6) is 1.26. The number of epoxide rings is 1. The number of fused-ring (bicyclic) bond motifs is 2. The number of rotatable bonds is 1. The Hall–Kier alpha value is -1.16. The molecule has 4 aliphatic carbocycles. The molecule has 0 amide bonds. The first-order valence-corrected chi connectivity index (χ1v) is 9.53. The van der Waals surface area contributed by atoms with Crippen LogP contribution >= 0.6 is 0 Å². The lowest BCUT2D eigenvalue weighted by Gasteiger charge is -2.50. The lowest BCUT2D eigenvalue weighted by molar-refractivity contribution is -0.155. The van der Waals surface area contributed by atoms with Gasteiger partial charge in [0, 0.05) is 18.8 Å². The molecule has 0 aromatic carbocycles. The van der Waals surface area contributed by atoms with E-state index in [2.05, 4.69) is 6.92 Å². The summed E-state index contributed by atoms with van der Waals surface area (Å²) in [7, 11) is 0. The van der Waals surface area contributed by atoms with Gasteiger partial charge in [0.1, 0.15) is 17.3 Å². The van der Waals surface area contributed by atoms with Gasteiger partial charge in [0.25, 0.3) is 0 Å². The van der Waals surface area contributed by atoms with Crippen molar-refractivity contribution in [2.75, 3.05) is 0 Å². The summed E-state index contributed by atoms with van der Waals surface area (Å²) < 4.78 is 12.2. The maximum atomic E-state index is 11.8. The van der Waals surface area contributed by atoms with Crippen molar-refractivity contribution in [3.63, 3.8) is 0 Å². The van der Waals surface area contributed by atoms with Crippen LogP contribution in [0.5, 0.6) is 0 Å². The van der Waals surface area contributed by atoms with E-state index >= 15 is 0 Å². The van der Waals surface area contributed by atoms with E-state index in [1.807, 2.05) is 6.08 Å². The minimum Gasteiger partial charge on any atom is -0.462 e. The van der Waals surface area contributed by atoms with Crippen LogP contribution in [0.4, 0.5) is 0 Å². The summed E-state index contributed by atoms with van der Waals surface area (Å²) in [6.45, 7) is 3.85. The van der Waals surface area contributed by atoms with Crippen LogP contribution in [0.1, 0.15) is 65.2 Å². The summed E-state index contributed by atoms with van der Waals surface area (Å²) in [5.41, 5.74) is 1.23. The smallest absolute Gasteiger partial charge is 0.302 e. The quantitative estimate of drug-likeness (QED) is 0.546. The van der Waals surface area contributed by atoms with E-state index in [1.54, 1.807) is 0 Å². The Morgan fingerprint density at radius 1 is 1.17 bits per heavy atom. The van der Waals surface area contributed by atoms with E-state index in [0.717, 1.165) is 44.9 Å². The van der Waals surface area contributed by atoms with E-state index < -0.39 is 0 Å². The largest absolute Gasteiger partial charge is 0.462 e. The second-order valence-corrected chi connectivity index (χ2v) is 8.89. The molecular weight excluding hydrogens is 304 g/mol. The molecule has 6 atom stereocenters. The molecule has 0 bridgehead atoms. The summed E-state index contributed by atoms with van der Waals surface area (Å²) in [6.07, 6.45) is 9.83. The first-order chi connectivity index (χ1) is 11.4. The topological polar surface area (TPSA) is 55.9 Å². The molecule has 24 heavy (non-hydrogen) atoms. The van der Waals surface area contributed by atoms with Crippen LogP contribution in [-0.2, 0) is 19.1 Å². The number of carbonyl (C=O) groups is 2. The molecule has 0 radical (unpaired) electrons. The van der Waals surface area contributed by atoms with E-state index in [9.17, 15) is 9.59 Å². The van der Waals surface area contributed by atoms with Crippen LogP contribution in [0.15, 0.2) is 11.6 Å². The molecule has 1 heterocycles. The number of hydrogen-bond donors (Lipinski definition) is 0. The third kappa shape index (κ3) is 1.63. The number of carbonyl (C=O) groups excluding carboxylic acids is 2. The van der Waals surface area contributed by atoms with Crippen molar-refractivity contribution in [2.45, 2.75) is 82.5 Å². The third-order valence-corrected chi connectivity index (χ3v) is 8.05. The molecule has 130 valence electrons. The summed E-state index contributed by atoms with van der Waals surface area (Å²) in [4.78, 5) is 23.3. The van der Waals surface area contributed by atoms with Crippen LogP contribution in [0, 0.1) is 17.3 Å². The highest BCUT2D eigenvalue weighted by Crippen LogP contribution is 2.74. The number of ether oxygens (including phenoxy) is 2. The average molecular weight is 330 g/mol. The van der Waals surface area contributed by atoms with Gasteiger partial charge >= 0.3 is 5.97 Å². The number of hydrogen-bond acceptors (Lipinski definition) is 4. The van der Waals surface area contributed by atoms with Crippen molar-refractivity contribution < 1.29 is 19.1 Å². The van der Waals surface area contributed by atoms with Crippen molar-refractivity contribution in [3.8, 4) is 0 Å². The molecular formula is C20H26O4. The first-order valence-electron chi connectivity index (χ1n) is 9.53. The molecule has 5 aliphatic rings. The Labute approximate surface area is 143 Å². The van der Waals surface area contributed by atoms with Crippen molar-refractivity contribution in [3.05, 3.63) is 11.6 Å². The number of ketones is 1. The zero-order chi connectivity index (χ0) is 16.7. The molecule has 3 saturated carbocycles. The third-order valence-electron chi connectivity index (χ3n) is 8.05. The summed E-state index contributed by atoms with van der Waals surface area (Å²) in [6, 6.07) is 0. The van der Waals surface area contributed by atoms with E-state index in [0.29, 0.717) is 18.3 Å². The van der Waals surface area contributed by atoms with Gasteiger partial charge in [0.15, 0.2) is 5.78 Å². The molecule has 0 aromatic rings. The van der Waals surface area contributed by atoms with Gasteiger partial charge in [0.2, 0.25) is 0 Å². The predicted molar refractivity (Wildman–Crippen MR) is 87.2 cm³/mol. The molecule has 4 fully saturated rings. The van der Waals surface area contributed by atoms with Gasteiger partial charge in [-0.1, -0.05) is 6.92 Å². The predicted octanol–water partition coefficient (Wildman–Crippen LogP) is 3.34. The summed E-state index contributed by atoms with van der Waals surface area (Å²) >= 11 is 0. The SMILES string of the molecule is CC(=O)O[C@@H]1CC[C@@H]2[C@@H]3CCC4=CC(=O)CC[C@]45O[C@]35CC[C@]21C. The van der Waals surface area contributed by atoms with Gasteiger partial charge in [-0.05, 0) is 68.4 Å². The fourth-order valence-corrected chi connectivity index (χ4v) is 6.97. The Balaban J connectivity index is 1.48. The molecule has 1 saturated heterocycles. The molecule has 2 spiro atoms. The summed E-state index contributed by atoms with van der Waals surface area (Å²) in [5, 5.41) is 0. The zero-order valence-corrected chi connectivity index (χ0v) is 14.6. The first kappa shape index (κ1) is 15.1. The van der Waals surface area contributed by atoms with Gasteiger partial charge in [-0.3, -0.25) is 9.59 Å². The van der Waals surface area contributed by atoms with Crippen LogP contribution < -0.4 is 0 Å². The minimum absolute atomic E-state index is 0.0208. The molecule has 0 aromatic heterocycles. The Morgan fingerprint density at radius 3 is 2.79 bits per heavy atom. The highest BCUT2D eigenvalue weighted by atomic mass is 16.6. The van der Waals surface area contributed by atoms with Crippen LogP contribution in [0.2, 0.25) is 0 Å². The number of esters is 1. The van der Waals surface area contributed by atoms with Crippen molar-refractivity contribution in [2.24, 2.45) is 17.3 Å². The van der Waals surface area contributed by atoms with Crippen LogP contribution in [-0.4, -0.2) is 29.1 Å². The molecule has 0 unspecified atom stereocenters. The van der Waals surface area contributed by atoms with Gasteiger partial charge in [-0.15, -0.1) is 0 Å². The maximum absolute atomic E-state index is 11.8. The Morgan fingerprint density at radius 2 is 2.00 bits per heavy atom. The minimum atomic E-state index is -0.152. The normalized spacial score (nSPS) is 51.7. The molecule has 5 rings (SSSR count). The lowest BCUT2D eigenvalue weighted by Crippen LogP contribution is -2.53. The zero-order valence-electron chi connectivity index (χ0n) is 14.6. The van der Waals surface area contributed by atoms with Crippen LogP contribution in [0.25, 0.3) is 0 Å². The van der Waals surface area contributed by atoms with Gasteiger partial charge in [0.05, 0.1) is 0 Å². The van der Waals surface area contributed by atoms with Crippen molar-refractivity contribution >= 4 is 11.8 Å². The van der Waals surface area contributed by atoms with E-state index in [1.165, 1.54) is 12.5 Å². The van der Waals surface area contributed by atoms with Gasteiger partial charge < -0.3 is 9.47 Å². The molecule has 4 heteroatoms.